The molecule has 1 fully saturated rings. The summed E-state index contributed by atoms with van der Waals surface area (Å²) >= 11 is 0. The number of hydrogen-bond acceptors (Lipinski definition) is 7. The van der Waals surface area contributed by atoms with E-state index in [9.17, 15) is 0 Å². The van der Waals surface area contributed by atoms with Crippen molar-refractivity contribution < 1.29 is 9.47 Å². The van der Waals surface area contributed by atoms with Crippen molar-refractivity contribution in [2.45, 2.75) is 39.2 Å². The largest absolute Gasteiger partial charge is 0.478 e. The molecule has 1 saturated heterocycles. The molecule has 7 heteroatoms. The van der Waals surface area contributed by atoms with E-state index in [0.29, 0.717) is 24.2 Å². The van der Waals surface area contributed by atoms with E-state index in [1.54, 1.807) is 0 Å². The number of pyridine rings is 1. The Balaban J connectivity index is 1.65. The Kier molecular flexibility index (Phi) is 6.00. The molecule has 2 aromatic heterocycles. The molecule has 134 valence electrons. The standard InChI is InChI=1S/C18H25N5O2/c1-3-10-24-17-5-4-15(13(2)22-17)23-16-11-18(21-12-20-16)25-14-6-8-19-9-7-14/h4-5,11-12,14,19H,3,6-10H2,1-2H3,(H,20,21,23). The summed E-state index contributed by atoms with van der Waals surface area (Å²) in [5, 5.41) is 6.60. The number of ether oxygens (including phenoxy) is 2. The van der Waals surface area contributed by atoms with Gasteiger partial charge in [0.15, 0.2) is 0 Å². The van der Waals surface area contributed by atoms with Crippen LogP contribution in [0.25, 0.3) is 0 Å². The van der Waals surface area contributed by atoms with E-state index in [2.05, 4.69) is 32.5 Å². The Morgan fingerprint density at radius 1 is 1.20 bits per heavy atom. The lowest BCUT2D eigenvalue weighted by Crippen LogP contribution is -2.34. The molecular weight excluding hydrogens is 318 g/mol. The third kappa shape index (κ3) is 5.03. The van der Waals surface area contributed by atoms with Gasteiger partial charge in [0.2, 0.25) is 11.8 Å². The topological polar surface area (TPSA) is 81.2 Å². The van der Waals surface area contributed by atoms with Crippen LogP contribution in [0.4, 0.5) is 11.5 Å². The smallest absolute Gasteiger partial charge is 0.218 e. The number of aromatic nitrogens is 3. The molecule has 0 aromatic carbocycles. The highest BCUT2D eigenvalue weighted by Crippen LogP contribution is 2.23. The number of rotatable bonds is 7. The van der Waals surface area contributed by atoms with Gasteiger partial charge in [-0.15, -0.1) is 0 Å². The molecule has 3 heterocycles. The predicted octanol–water partition coefficient (Wildman–Crippen LogP) is 2.84. The van der Waals surface area contributed by atoms with Gasteiger partial charge in [0.1, 0.15) is 18.2 Å². The van der Waals surface area contributed by atoms with Crippen molar-refractivity contribution in [2.24, 2.45) is 0 Å². The van der Waals surface area contributed by atoms with E-state index in [1.165, 1.54) is 6.33 Å². The van der Waals surface area contributed by atoms with E-state index < -0.39 is 0 Å². The van der Waals surface area contributed by atoms with E-state index in [0.717, 1.165) is 43.7 Å². The summed E-state index contributed by atoms with van der Waals surface area (Å²) in [6.45, 7) is 6.65. The summed E-state index contributed by atoms with van der Waals surface area (Å²) in [6.07, 6.45) is 4.67. The average molecular weight is 343 g/mol. The second-order valence-electron chi connectivity index (χ2n) is 6.06. The fourth-order valence-electron chi connectivity index (χ4n) is 2.65. The first-order valence-electron chi connectivity index (χ1n) is 8.81. The molecule has 1 aliphatic rings. The van der Waals surface area contributed by atoms with Gasteiger partial charge in [0.05, 0.1) is 18.0 Å². The van der Waals surface area contributed by atoms with Crippen LogP contribution in [-0.2, 0) is 0 Å². The summed E-state index contributed by atoms with van der Waals surface area (Å²) < 4.78 is 11.5. The quantitative estimate of drug-likeness (QED) is 0.800. The van der Waals surface area contributed by atoms with Gasteiger partial charge in [0.25, 0.3) is 0 Å². The van der Waals surface area contributed by atoms with Crippen LogP contribution in [0.2, 0.25) is 0 Å². The fourth-order valence-corrected chi connectivity index (χ4v) is 2.65. The molecule has 2 N–H and O–H groups in total. The number of anilines is 2. The van der Waals surface area contributed by atoms with Crippen molar-refractivity contribution in [3.63, 3.8) is 0 Å². The van der Waals surface area contributed by atoms with E-state index in [1.807, 2.05) is 25.1 Å². The van der Waals surface area contributed by atoms with Crippen LogP contribution in [0.15, 0.2) is 24.5 Å². The molecule has 3 rings (SSSR count). The van der Waals surface area contributed by atoms with Gasteiger partial charge in [-0.25, -0.2) is 15.0 Å². The predicted molar refractivity (Wildman–Crippen MR) is 96.6 cm³/mol. The number of nitrogens with one attached hydrogen (secondary N) is 2. The van der Waals surface area contributed by atoms with Crippen molar-refractivity contribution in [3.8, 4) is 11.8 Å². The molecule has 25 heavy (non-hydrogen) atoms. The van der Waals surface area contributed by atoms with Crippen molar-refractivity contribution in [1.29, 1.82) is 0 Å². The van der Waals surface area contributed by atoms with Crippen LogP contribution in [0.1, 0.15) is 31.9 Å². The summed E-state index contributed by atoms with van der Waals surface area (Å²) in [4.78, 5) is 12.9. The van der Waals surface area contributed by atoms with Crippen molar-refractivity contribution in [1.82, 2.24) is 20.3 Å². The molecule has 0 saturated carbocycles. The summed E-state index contributed by atoms with van der Waals surface area (Å²) in [6, 6.07) is 5.63. The minimum Gasteiger partial charge on any atom is -0.478 e. The van der Waals surface area contributed by atoms with Crippen LogP contribution in [0.3, 0.4) is 0 Å². The molecule has 0 spiro atoms. The maximum atomic E-state index is 5.96. The molecule has 0 bridgehead atoms. The Morgan fingerprint density at radius 3 is 2.80 bits per heavy atom. The first kappa shape index (κ1) is 17.4. The molecule has 1 aliphatic heterocycles. The van der Waals surface area contributed by atoms with Crippen molar-refractivity contribution in [3.05, 3.63) is 30.2 Å². The maximum Gasteiger partial charge on any atom is 0.218 e. The number of hydrogen-bond donors (Lipinski definition) is 2. The molecule has 0 atom stereocenters. The van der Waals surface area contributed by atoms with Crippen LogP contribution < -0.4 is 20.1 Å². The molecule has 0 amide bonds. The molecule has 7 nitrogen and oxygen atoms in total. The van der Waals surface area contributed by atoms with Crippen LogP contribution in [0, 0.1) is 6.92 Å². The highest BCUT2D eigenvalue weighted by molar-refractivity contribution is 5.59. The highest BCUT2D eigenvalue weighted by atomic mass is 16.5. The molecule has 0 aliphatic carbocycles. The van der Waals surface area contributed by atoms with Crippen molar-refractivity contribution >= 4 is 11.5 Å². The molecular formula is C18H25N5O2. The normalized spacial score (nSPS) is 15.0. The first-order valence-corrected chi connectivity index (χ1v) is 8.81. The van der Waals surface area contributed by atoms with Crippen LogP contribution in [0.5, 0.6) is 11.8 Å². The Labute approximate surface area is 148 Å². The molecule has 0 radical (unpaired) electrons. The van der Waals surface area contributed by atoms with E-state index >= 15 is 0 Å². The summed E-state index contributed by atoms with van der Waals surface area (Å²) in [7, 11) is 0. The zero-order valence-corrected chi connectivity index (χ0v) is 14.8. The monoisotopic (exact) mass is 343 g/mol. The zero-order chi connectivity index (χ0) is 17.5. The Bertz CT molecular complexity index is 689. The van der Waals surface area contributed by atoms with Gasteiger partial charge in [-0.2, -0.15) is 0 Å². The highest BCUT2D eigenvalue weighted by Gasteiger charge is 2.15. The number of nitrogens with zero attached hydrogens (tertiary/aromatic N) is 3. The maximum absolute atomic E-state index is 5.96. The van der Waals surface area contributed by atoms with Crippen molar-refractivity contribution in [2.75, 3.05) is 25.0 Å². The van der Waals surface area contributed by atoms with Gasteiger partial charge >= 0.3 is 0 Å². The Morgan fingerprint density at radius 2 is 2.04 bits per heavy atom. The first-order chi connectivity index (χ1) is 12.2. The number of aryl methyl sites for hydroxylation is 1. The third-order valence-corrected chi connectivity index (χ3v) is 3.99. The number of piperidine rings is 1. The van der Waals surface area contributed by atoms with E-state index in [-0.39, 0.29) is 6.10 Å². The van der Waals surface area contributed by atoms with Gasteiger partial charge < -0.3 is 20.1 Å². The SMILES string of the molecule is CCCOc1ccc(Nc2cc(OC3CCNCC3)ncn2)c(C)n1. The van der Waals surface area contributed by atoms with Gasteiger partial charge in [-0.3, -0.25) is 0 Å². The van der Waals surface area contributed by atoms with E-state index in [4.69, 9.17) is 9.47 Å². The second kappa shape index (κ2) is 8.62. The van der Waals surface area contributed by atoms with Crippen LogP contribution >= 0.6 is 0 Å². The summed E-state index contributed by atoms with van der Waals surface area (Å²) in [5.41, 5.74) is 1.74. The minimum absolute atomic E-state index is 0.211. The minimum atomic E-state index is 0.211. The molecule has 2 aromatic rings. The lowest BCUT2D eigenvalue weighted by Gasteiger charge is -2.23. The lowest BCUT2D eigenvalue weighted by atomic mass is 10.1. The molecule has 0 unspecified atom stereocenters. The second-order valence-corrected chi connectivity index (χ2v) is 6.06. The van der Waals surface area contributed by atoms with Crippen LogP contribution in [-0.4, -0.2) is 40.8 Å². The Hall–Kier alpha value is -2.41. The zero-order valence-electron chi connectivity index (χ0n) is 14.8. The van der Waals surface area contributed by atoms with Gasteiger partial charge in [-0.05, 0) is 45.3 Å². The summed E-state index contributed by atoms with van der Waals surface area (Å²) in [5.74, 6) is 1.92. The van der Waals surface area contributed by atoms with Gasteiger partial charge in [-0.1, -0.05) is 6.92 Å². The fraction of sp³-hybridized carbons (Fsp3) is 0.500. The lowest BCUT2D eigenvalue weighted by molar-refractivity contribution is 0.156. The van der Waals surface area contributed by atoms with Gasteiger partial charge in [0, 0.05) is 12.1 Å². The third-order valence-electron chi connectivity index (χ3n) is 3.99. The average Bonchev–Trinajstić information content (AvgIpc) is 2.63.